The number of carbonyl (C=O) groups excluding carboxylic acids is 2. The molecule has 2 fully saturated rings. The molecule has 0 spiro atoms. The third-order valence-corrected chi connectivity index (χ3v) is 3.99. The maximum atomic E-state index is 12.4. The number of amides is 4. The van der Waals surface area contributed by atoms with Gasteiger partial charge in [-0.2, -0.15) is 11.3 Å². The fourth-order valence-corrected chi connectivity index (χ4v) is 2.79. The van der Waals surface area contributed by atoms with Crippen LogP contribution in [0.1, 0.15) is 18.4 Å². The standard InChI is InChI=1S/C12H15N3O2S/c16-11-13-4-5-14(11)12(17)15(10-1-2-10)7-9-3-6-18-8-9/h3,6,8,10H,1-2,4-5,7H2,(H,13,16). The van der Waals surface area contributed by atoms with Gasteiger partial charge in [-0.15, -0.1) is 0 Å². The largest absolute Gasteiger partial charge is 0.336 e. The molecule has 0 radical (unpaired) electrons. The number of thiophene rings is 1. The first kappa shape index (κ1) is 11.5. The number of imide groups is 1. The molecule has 6 heteroatoms. The Hall–Kier alpha value is -1.56. The van der Waals surface area contributed by atoms with Gasteiger partial charge in [0.05, 0.1) is 0 Å². The number of nitrogens with one attached hydrogen (secondary N) is 1. The first-order chi connectivity index (χ1) is 8.75. The van der Waals surface area contributed by atoms with Gasteiger partial charge in [-0.1, -0.05) is 0 Å². The molecule has 96 valence electrons. The molecule has 0 aromatic carbocycles. The predicted molar refractivity (Wildman–Crippen MR) is 68.4 cm³/mol. The highest BCUT2D eigenvalue weighted by Crippen LogP contribution is 2.30. The van der Waals surface area contributed by atoms with Crippen molar-refractivity contribution >= 4 is 23.4 Å². The lowest BCUT2D eigenvalue weighted by molar-refractivity contribution is 0.158. The number of rotatable bonds is 3. The third-order valence-electron chi connectivity index (χ3n) is 3.25. The van der Waals surface area contributed by atoms with Crippen LogP contribution in [-0.2, 0) is 6.54 Å². The fourth-order valence-electron chi connectivity index (χ4n) is 2.13. The zero-order valence-corrected chi connectivity index (χ0v) is 10.8. The van der Waals surface area contributed by atoms with Crippen molar-refractivity contribution < 1.29 is 9.59 Å². The quantitative estimate of drug-likeness (QED) is 0.907. The van der Waals surface area contributed by atoms with Gasteiger partial charge in [-0.05, 0) is 35.2 Å². The van der Waals surface area contributed by atoms with Crippen molar-refractivity contribution in [2.45, 2.75) is 25.4 Å². The fraction of sp³-hybridized carbons (Fsp3) is 0.500. The Kier molecular flexibility index (Phi) is 2.95. The average molecular weight is 265 g/mol. The molecule has 2 heterocycles. The number of urea groups is 2. The molecule has 2 aliphatic rings. The summed E-state index contributed by atoms with van der Waals surface area (Å²) in [6, 6.07) is 1.91. The molecule has 1 aliphatic carbocycles. The van der Waals surface area contributed by atoms with Crippen LogP contribution in [0.2, 0.25) is 0 Å². The van der Waals surface area contributed by atoms with Crippen LogP contribution in [0.25, 0.3) is 0 Å². The number of carbonyl (C=O) groups is 2. The molecule has 18 heavy (non-hydrogen) atoms. The Balaban J connectivity index is 1.73. The molecule has 4 amide bonds. The second kappa shape index (κ2) is 4.61. The minimum Gasteiger partial charge on any atom is -0.336 e. The molecule has 5 nitrogen and oxygen atoms in total. The van der Waals surface area contributed by atoms with Crippen molar-refractivity contribution in [2.24, 2.45) is 0 Å². The maximum Gasteiger partial charge on any atom is 0.328 e. The highest BCUT2D eigenvalue weighted by atomic mass is 32.1. The van der Waals surface area contributed by atoms with E-state index in [9.17, 15) is 9.59 Å². The van der Waals surface area contributed by atoms with Crippen LogP contribution in [-0.4, -0.2) is 41.0 Å². The number of nitrogens with zero attached hydrogens (tertiary/aromatic N) is 2. The molecular weight excluding hydrogens is 250 g/mol. The van der Waals surface area contributed by atoms with Gasteiger partial charge in [-0.25, -0.2) is 14.5 Å². The Morgan fingerprint density at radius 3 is 2.94 bits per heavy atom. The molecule has 0 bridgehead atoms. The molecule has 1 aromatic heterocycles. The molecule has 1 saturated carbocycles. The Morgan fingerprint density at radius 2 is 2.39 bits per heavy atom. The number of hydrogen-bond acceptors (Lipinski definition) is 3. The first-order valence-corrected chi connectivity index (χ1v) is 7.07. The zero-order valence-electron chi connectivity index (χ0n) is 9.96. The second-order valence-corrected chi connectivity index (χ2v) is 5.44. The smallest absolute Gasteiger partial charge is 0.328 e. The van der Waals surface area contributed by atoms with E-state index >= 15 is 0 Å². The van der Waals surface area contributed by atoms with Crippen molar-refractivity contribution in [2.75, 3.05) is 13.1 Å². The molecular formula is C12H15N3O2S. The van der Waals surface area contributed by atoms with Crippen molar-refractivity contribution in [1.82, 2.24) is 15.1 Å². The Morgan fingerprint density at radius 1 is 1.56 bits per heavy atom. The van der Waals surface area contributed by atoms with E-state index in [-0.39, 0.29) is 12.1 Å². The highest BCUT2D eigenvalue weighted by molar-refractivity contribution is 7.07. The molecule has 1 saturated heterocycles. The lowest BCUT2D eigenvalue weighted by atomic mass is 10.3. The summed E-state index contributed by atoms with van der Waals surface area (Å²) in [6.07, 6.45) is 2.09. The first-order valence-electron chi connectivity index (χ1n) is 6.13. The van der Waals surface area contributed by atoms with Gasteiger partial charge >= 0.3 is 12.1 Å². The summed E-state index contributed by atoms with van der Waals surface area (Å²) in [4.78, 5) is 27.0. The van der Waals surface area contributed by atoms with Crippen LogP contribution >= 0.6 is 11.3 Å². The molecule has 1 N–H and O–H groups in total. The molecule has 0 unspecified atom stereocenters. The summed E-state index contributed by atoms with van der Waals surface area (Å²) in [5, 5.41) is 6.72. The van der Waals surface area contributed by atoms with Crippen LogP contribution in [0.5, 0.6) is 0 Å². The highest BCUT2D eigenvalue weighted by Gasteiger charge is 2.38. The van der Waals surface area contributed by atoms with E-state index in [4.69, 9.17) is 0 Å². The van der Waals surface area contributed by atoms with E-state index in [1.165, 1.54) is 4.90 Å². The number of hydrogen-bond donors (Lipinski definition) is 1. The molecule has 3 rings (SSSR count). The van der Waals surface area contributed by atoms with Crippen molar-refractivity contribution in [3.63, 3.8) is 0 Å². The van der Waals surface area contributed by atoms with E-state index in [0.29, 0.717) is 25.7 Å². The summed E-state index contributed by atoms with van der Waals surface area (Å²) < 4.78 is 0. The topological polar surface area (TPSA) is 52.7 Å². The molecule has 0 atom stereocenters. The average Bonchev–Trinajstić information content (AvgIpc) is 2.89. The summed E-state index contributed by atoms with van der Waals surface area (Å²) >= 11 is 1.63. The lowest BCUT2D eigenvalue weighted by Crippen LogP contribution is -2.45. The van der Waals surface area contributed by atoms with Gasteiger partial charge in [0.1, 0.15) is 0 Å². The SMILES string of the molecule is O=C1NCCN1C(=O)N(Cc1ccsc1)C1CC1. The molecule has 1 aliphatic heterocycles. The summed E-state index contributed by atoms with van der Waals surface area (Å²) in [6.45, 7) is 1.64. The van der Waals surface area contributed by atoms with Crippen LogP contribution in [0.3, 0.4) is 0 Å². The maximum absolute atomic E-state index is 12.4. The van der Waals surface area contributed by atoms with E-state index in [2.05, 4.69) is 5.32 Å². The minimum atomic E-state index is -0.268. The zero-order chi connectivity index (χ0) is 12.5. The summed E-state index contributed by atoms with van der Waals surface area (Å²) in [5.41, 5.74) is 1.14. The van der Waals surface area contributed by atoms with Crippen molar-refractivity contribution in [3.05, 3.63) is 22.4 Å². The minimum absolute atomic E-state index is 0.154. The van der Waals surface area contributed by atoms with Gasteiger partial charge in [0, 0.05) is 25.7 Å². The van der Waals surface area contributed by atoms with E-state index in [1.807, 2.05) is 21.7 Å². The van der Waals surface area contributed by atoms with Crippen molar-refractivity contribution in [1.29, 1.82) is 0 Å². The van der Waals surface area contributed by atoms with Gasteiger partial charge < -0.3 is 10.2 Å². The van der Waals surface area contributed by atoms with Crippen LogP contribution < -0.4 is 5.32 Å². The summed E-state index contributed by atoms with van der Waals surface area (Å²) in [5.74, 6) is 0. The summed E-state index contributed by atoms with van der Waals surface area (Å²) in [7, 11) is 0. The molecule has 1 aromatic rings. The van der Waals surface area contributed by atoms with Gasteiger partial charge in [0.2, 0.25) is 0 Å². The van der Waals surface area contributed by atoms with Gasteiger partial charge in [-0.3, -0.25) is 0 Å². The van der Waals surface area contributed by atoms with Gasteiger partial charge in [0.25, 0.3) is 0 Å². The van der Waals surface area contributed by atoms with Crippen molar-refractivity contribution in [3.8, 4) is 0 Å². The Labute approximate surface area is 109 Å². The monoisotopic (exact) mass is 265 g/mol. The normalized spacial score (nSPS) is 18.9. The predicted octanol–water partition coefficient (Wildman–Crippen LogP) is 1.86. The Bertz CT molecular complexity index is 456. The third kappa shape index (κ3) is 2.20. The lowest BCUT2D eigenvalue weighted by Gasteiger charge is -2.26. The van der Waals surface area contributed by atoms with Crippen LogP contribution in [0.15, 0.2) is 16.8 Å². The van der Waals surface area contributed by atoms with E-state index in [1.54, 1.807) is 11.3 Å². The van der Waals surface area contributed by atoms with Crippen LogP contribution in [0.4, 0.5) is 9.59 Å². The van der Waals surface area contributed by atoms with Crippen LogP contribution in [0, 0.1) is 0 Å². The second-order valence-electron chi connectivity index (χ2n) is 4.66. The van der Waals surface area contributed by atoms with E-state index < -0.39 is 0 Å². The van der Waals surface area contributed by atoms with Gasteiger partial charge in [0.15, 0.2) is 0 Å². The van der Waals surface area contributed by atoms with E-state index in [0.717, 1.165) is 18.4 Å².